The molecule has 0 aliphatic rings. The number of halogens is 1. The number of amides is 1. The first kappa shape index (κ1) is 19.2. The highest BCUT2D eigenvalue weighted by atomic mass is 35.5. The van der Waals surface area contributed by atoms with E-state index in [9.17, 15) is 9.90 Å². The Kier molecular flexibility index (Phi) is 7.73. The van der Waals surface area contributed by atoms with Crippen molar-refractivity contribution >= 4 is 23.2 Å². The van der Waals surface area contributed by atoms with Gasteiger partial charge in [-0.15, -0.1) is 0 Å². The zero-order valence-electron chi connectivity index (χ0n) is 14.2. The lowest BCUT2D eigenvalue weighted by molar-refractivity contribution is 0.0918. The Morgan fingerprint density at radius 2 is 1.88 bits per heavy atom. The molecule has 1 unspecified atom stereocenters. The highest BCUT2D eigenvalue weighted by Crippen LogP contribution is 2.18. The summed E-state index contributed by atoms with van der Waals surface area (Å²) in [6, 6.07) is 16.3. The normalized spacial score (nSPS) is 11.8. The van der Waals surface area contributed by atoms with Crippen LogP contribution in [0.2, 0.25) is 5.02 Å². The summed E-state index contributed by atoms with van der Waals surface area (Å²) in [6.45, 7) is 1.71. The molecule has 134 valence electrons. The van der Waals surface area contributed by atoms with Crippen LogP contribution in [0.25, 0.3) is 0 Å². The van der Waals surface area contributed by atoms with Gasteiger partial charge >= 0.3 is 0 Å². The van der Waals surface area contributed by atoms with Crippen molar-refractivity contribution in [2.24, 2.45) is 0 Å². The summed E-state index contributed by atoms with van der Waals surface area (Å²) in [6.07, 6.45) is -0.708. The highest BCUT2D eigenvalue weighted by Gasteiger charge is 2.14. The topological polar surface area (TPSA) is 61.8 Å². The van der Waals surface area contributed by atoms with Crippen molar-refractivity contribution in [3.63, 3.8) is 0 Å². The first-order chi connectivity index (χ1) is 12.1. The Morgan fingerprint density at radius 1 is 1.20 bits per heavy atom. The molecule has 0 aromatic heterocycles. The molecule has 6 heteroatoms. The van der Waals surface area contributed by atoms with Gasteiger partial charge in [0.05, 0.1) is 12.7 Å². The van der Waals surface area contributed by atoms with Crippen LogP contribution in [0.5, 0.6) is 0 Å². The van der Waals surface area contributed by atoms with Crippen molar-refractivity contribution in [2.45, 2.75) is 6.10 Å². The van der Waals surface area contributed by atoms with Gasteiger partial charge in [0.15, 0.2) is 0 Å². The number of nitrogens with zero attached hydrogens (tertiary/aromatic N) is 1. The number of nitrogens with one attached hydrogen (secondary N) is 1. The van der Waals surface area contributed by atoms with Gasteiger partial charge in [0.1, 0.15) is 0 Å². The van der Waals surface area contributed by atoms with Gasteiger partial charge in [-0.1, -0.05) is 29.8 Å². The quantitative estimate of drug-likeness (QED) is 0.719. The maximum absolute atomic E-state index is 12.0. The summed E-state index contributed by atoms with van der Waals surface area (Å²) in [5.74, 6) is -0.199. The molecule has 0 aliphatic carbocycles. The molecule has 0 radical (unpaired) electrons. The van der Waals surface area contributed by atoms with E-state index < -0.39 is 6.10 Å². The summed E-state index contributed by atoms with van der Waals surface area (Å²) in [5, 5.41) is 13.7. The molecule has 1 amide bonds. The number of aliphatic hydroxyl groups is 1. The fourth-order valence-corrected chi connectivity index (χ4v) is 2.53. The van der Waals surface area contributed by atoms with Crippen LogP contribution in [0, 0.1) is 0 Å². The molecule has 2 N–H and O–H groups in total. The third kappa shape index (κ3) is 6.38. The van der Waals surface area contributed by atoms with E-state index in [0.29, 0.717) is 30.3 Å². The summed E-state index contributed by atoms with van der Waals surface area (Å²) >= 11 is 5.93. The minimum Gasteiger partial charge on any atom is -0.389 e. The van der Waals surface area contributed by atoms with Gasteiger partial charge in [0, 0.05) is 43.0 Å². The molecule has 2 rings (SSSR count). The molecule has 0 bridgehead atoms. The molecule has 2 aromatic rings. The van der Waals surface area contributed by atoms with Crippen LogP contribution < -0.4 is 10.2 Å². The first-order valence-electron chi connectivity index (χ1n) is 8.11. The number of ether oxygens (including phenoxy) is 1. The van der Waals surface area contributed by atoms with Crippen molar-refractivity contribution < 1.29 is 14.6 Å². The van der Waals surface area contributed by atoms with Crippen LogP contribution in [0.15, 0.2) is 54.6 Å². The average Bonchev–Trinajstić information content (AvgIpc) is 2.64. The molecule has 25 heavy (non-hydrogen) atoms. The van der Waals surface area contributed by atoms with Crippen LogP contribution in [-0.2, 0) is 4.74 Å². The molecule has 0 heterocycles. The van der Waals surface area contributed by atoms with Crippen molar-refractivity contribution in [2.75, 3.05) is 38.3 Å². The number of benzene rings is 2. The van der Waals surface area contributed by atoms with Gasteiger partial charge in [0.25, 0.3) is 5.91 Å². The predicted octanol–water partition coefficient (Wildman–Crippen LogP) is 2.58. The van der Waals surface area contributed by atoms with E-state index in [4.69, 9.17) is 16.3 Å². The van der Waals surface area contributed by atoms with Gasteiger partial charge in [0.2, 0.25) is 0 Å². The zero-order valence-corrected chi connectivity index (χ0v) is 14.9. The highest BCUT2D eigenvalue weighted by molar-refractivity contribution is 6.30. The maximum Gasteiger partial charge on any atom is 0.251 e. The Morgan fingerprint density at radius 3 is 2.52 bits per heavy atom. The third-order valence-electron chi connectivity index (χ3n) is 3.72. The molecular weight excluding hydrogens is 340 g/mol. The van der Waals surface area contributed by atoms with E-state index in [1.165, 1.54) is 0 Å². The van der Waals surface area contributed by atoms with E-state index in [1.54, 1.807) is 43.5 Å². The molecule has 0 saturated carbocycles. The minimum atomic E-state index is -0.708. The van der Waals surface area contributed by atoms with E-state index >= 15 is 0 Å². The number of hydrogen-bond acceptors (Lipinski definition) is 4. The standard InChI is InChI=1S/C19H23ClN2O3/c1-25-12-11-22(17-9-7-16(20)8-10-17)14-18(23)13-21-19(24)15-5-3-2-4-6-15/h2-10,18,23H,11-14H2,1H3,(H,21,24). The Balaban J connectivity index is 1.91. The molecule has 0 fully saturated rings. The predicted molar refractivity (Wildman–Crippen MR) is 100 cm³/mol. The van der Waals surface area contributed by atoms with Crippen molar-refractivity contribution in [1.29, 1.82) is 0 Å². The molecule has 0 aliphatic heterocycles. The Labute approximate surface area is 153 Å². The summed E-state index contributed by atoms with van der Waals surface area (Å²) in [4.78, 5) is 14.0. The number of hydrogen-bond donors (Lipinski definition) is 2. The Hall–Kier alpha value is -2.08. The van der Waals surface area contributed by atoms with Gasteiger partial charge in [-0.25, -0.2) is 0 Å². The molecule has 1 atom stereocenters. The summed E-state index contributed by atoms with van der Waals surface area (Å²) in [7, 11) is 1.64. The lowest BCUT2D eigenvalue weighted by Gasteiger charge is -2.27. The van der Waals surface area contributed by atoms with Crippen molar-refractivity contribution in [3.8, 4) is 0 Å². The molecule has 5 nitrogen and oxygen atoms in total. The van der Waals surface area contributed by atoms with Gasteiger partial charge in [-0.05, 0) is 36.4 Å². The van der Waals surface area contributed by atoms with E-state index in [2.05, 4.69) is 5.32 Å². The first-order valence-corrected chi connectivity index (χ1v) is 8.48. The van der Waals surface area contributed by atoms with Crippen LogP contribution in [0.3, 0.4) is 0 Å². The molecule has 0 spiro atoms. The van der Waals surface area contributed by atoms with Gasteiger partial charge < -0.3 is 20.1 Å². The number of carbonyl (C=O) groups is 1. The number of anilines is 1. The average molecular weight is 363 g/mol. The smallest absolute Gasteiger partial charge is 0.251 e. The van der Waals surface area contributed by atoms with Crippen LogP contribution >= 0.6 is 11.6 Å². The van der Waals surface area contributed by atoms with E-state index in [1.807, 2.05) is 23.1 Å². The zero-order chi connectivity index (χ0) is 18.1. The van der Waals surface area contributed by atoms with Crippen LogP contribution in [0.1, 0.15) is 10.4 Å². The lowest BCUT2D eigenvalue weighted by Crippen LogP contribution is -2.41. The van der Waals surface area contributed by atoms with E-state index in [0.717, 1.165) is 5.69 Å². The SMILES string of the molecule is COCCN(CC(O)CNC(=O)c1ccccc1)c1ccc(Cl)cc1. The second kappa shape index (κ2) is 10.0. The third-order valence-corrected chi connectivity index (χ3v) is 3.97. The van der Waals surface area contributed by atoms with Gasteiger partial charge in [-0.2, -0.15) is 0 Å². The number of rotatable bonds is 9. The summed E-state index contributed by atoms with van der Waals surface area (Å²) < 4.78 is 5.14. The number of aliphatic hydroxyl groups excluding tert-OH is 1. The second-order valence-electron chi connectivity index (χ2n) is 5.65. The van der Waals surface area contributed by atoms with E-state index in [-0.39, 0.29) is 12.5 Å². The monoisotopic (exact) mass is 362 g/mol. The minimum absolute atomic E-state index is 0.171. The molecule has 2 aromatic carbocycles. The molecular formula is C19H23ClN2O3. The van der Waals surface area contributed by atoms with Crippen LogP contribution in [0.4, 0.5) is 5.69 Å². The number of methoxy groups -OCH3 is 1. The van der Waals surface area contributed by atoms with Crippen molar-refractivity contribution in [1.82, 2.24) is 5.32 Å². The largest absolute Gasteiger partial charge is 0.389 e. The second-order valence-corrected chi connectivity index (χ2v) is 6.08. The van der Waals surface area contributed by atoms with Crippen LogP contribution in [-0.4, -0.2) is 50.5 Å². The fraction of sp³-hybridized carbons (Fsp3) is 0.316. The number of carbonyl (C=O) groups excluding carboxylic acids is 1. The molecule has 0 saturated heterocycles. The maximum atomic E-state index is 12.0. The fourth-order valence-electron chi connectivity index (χ4n) is 2.40. The lowest BCUT2D eigenvalue weighted by atomic mass is 10.2. The Bertz CT molecular complexity index is 649. The summed E-state index contributed by atoms with van der Waals surface area (Å²) in [5.41, 5.74) is 1.51. The van der Waals surface area contributed by atoms with Gasteiger partial charge in [-0.3, -0.25) is 4.79 Å². The van der Waals surface area contributed by atoms with Crippen molar-refractivity contribution in [3.05, 3.63) is 65.2 Å².